The molecule has 2 amide bonds. The molecule has 1 unspecified atom stereocenters. The van der Waals surface area contributed by atoms with Gasteiger partial charge in [-0.15, -0.1) is 11.3 Å². The monoisotopic (exact) mass is 344 g/mol. The number of carbonyl (C=O) groups excluding carboxylic acids is 1. The molecule has 2 heterocycles. The molecule has 0 radical (unpaired) electrons. The molecule has 0 spiro atoms. The first-order valence-electron chi connectivity index (χ1n) is 8.42. The van der Waals surface area contributed by atoms with E-state index >= 15 is 0 Å². The van der Waals surface area contributed by atoms with Crippen molar-refractivity contribution in [3.8, 4) is 0 Å². The fraction of sp³-hybridized carbons (Fsp3) is 0.444. The Kier molecular flexibility index (Phi) is 5.82. The number of likely N-dealkylation sites (tertiary alicyclic amines) is 1. The summed E-state index contributed by atoms with van der Waals surface area (Å²) in [4.78, 5) is 18.7. The summed E-state index contributed by atoms with van der Waals surface area (Å²) >= 11 is 1.45. The van der Waals surface area contributed by atoms with E-state index in [9.17, 15) is 4.79 Å². The minimum absolute atomic E-state index is 0.162. The number of anilines is 1. The molecule has 2 N–H and O–H groups in total. The number of nitrogens with zero attached hydrogens (tertiary/aromatic N) is 2. The zero-order chi connectivity index (χ0) is 16.8. The van der Waals surface area contributed by atoms with Crippen LogP contribution in [0.25, 0.3) is 0 Å². The van der Waals surface area contributed by atoms with Crippen LogP contribution in [0.1, 0.15) is 24.1 Å². The number of thiazole rings is 1. The lowest BCUT2D eigenvalue weighted by molar-refractivity contribution is 0.166. The highest BCUT2D eigenvalue weighted by Crippen LogP contribution is 2.18. The van der Waals surface area contributed by atoms with E-state index in [0.29, 0.717) is 17.6 Å². The summed E-state index contributed by atoms with van der Waals surface area (Å²) in [5, 5.41) is 8.36. The Labute approximate surface area is 147 Å². The third-order valence-corrected chi connectivity index (χ3v) is 5.12. The van der Waals surface area contributed by atoms with E-state index in [1.807, 2.05) is 12.3 Å². The van der Waals surface area contributed by atoms with E-state index in [1.54, 1.807) is 0 Å². The minimum atomic E-state index is -0.162. The summed E-state index contributed by atoms with van der Waals surface area (Å²) in [5.74, 6) is 0.506. The Hall–Kier alpha value is -1.92. The second-order valence-corrected chi connectivity index (χ2v) is 7.22. The van der Waals surface area contributed by atoms with Crippen molar-refractivity contribution in [2.75, 3.05) is 25.0 Å². The predicted octanol–water partition coefficient (Wildman–Crippen LogP) is 3.49. The van der Waals surface area contributed by atoms with Crippen molar-refractivity contribution in [2.45, 2.75) is 26.3 Å². The van der Waals surface area contributed by atoms with E-state index in [1.165, 1.54) is 29.7 Å². The van der Waals surface area contributed by atoms with Crippen molar-refractivity contribution in [1.29, 1.82) is 0 Å². The molecule has 0 saturated carbocycles. The fourth-order valence-electron chi connectivity index (χ4n) is 3.09. The summed E-state index contributed by atoms with van der Waals surface area (Å²) in [6.07, 6.45) is 2.36. The van der Waals surface area contributed by atoms with Gasteiger partial charge in [-0.3, -0.25) is 10.2 Å². The van der Waals surface area contributed by atoms with Gasteiger partial charge in [0.1, 0.15) is 0 Å². The Morgan fingerprint density at radius 2 is 2.21 bits per heavy atom. The number of urea groups is 1. The molecule has 6 heteroatoms. The molecular formula is C18H24N4OS. The number of amides is 2. The Bertz CT molecular complexity index is 658. The van der Waals surface area contributed by atoms with Crippen molar-refractivity contribution in [3.05, 3.63) is 47.0 Å². The van der Waals surface area contributed by atoms with Crippen LogP contribution in [-0.2, 0) is 6.54 Å². The molecule has 1 saturated heterocycles. The van der Waals surface area contributed by atoms with Crippen LogP contribution >= 0.6 is 11.3 Å². The second kappa shape index (κ2) is 8.26. The Balaban J connectivity index is 1.42. The van der Waals surface area contributed by atoms with Gasteiger partial charge in [0, 0.05) is 25.0 Å². The normalized spacial score (nSPS) is 18.3. The van der Waals surface area contributed by atoms with Gasteiger partial charge >= 0.3 is 6.03 Å². The number of aryl methyl sites for hydroxylation is 1. The molecule has 24 heavy (non-hydrogen) atoms. The van der Waals surface area contributed by atoms with E-state index in [4.69, 9.17) is 0 Å². The number of aromatic nitrogens is 1. The van der Waals surface area contributed by atoms with Gasteiger partial charge < -0.3 is 5.32 Å². The van der Waals surface area contributed by atoms with E-state index in [0.717, 1.165) is 25.3 Å². The first kappa shape index (κ1) is 16.9. The number of hydrogen-bond acceptors (Lipinski definition) is 4. The average molecular weight is 344 g/mol. The molecule has 1 fully saturated rings. The van der Waals surface area contributed by atoms with Crippen LogP contribution in [0.3, 0.4) is 0 Å². The zero-order valence-electron chi connectivity index (χ0n) is 14.0. The van der Waals surface area contributed by atoms with Crippen LogP contribution in [0, 0.1) is 12.8 Å². The van der Waals surface area contributed by atoms with Crippen LogP contribution in [0.15, 0.2) is 35.7 Å². The van der Waals surface area contributed by atoms with Gasteiger partial charge in [0.05, 0.1) is 5.69 Å². The quantitative estimate of drug-likeness (QED) is 0.873. The van der Waals surface area contributed by atoms with E-state index < -0.39 is 0 Å². The van der Waals surface area contributed by atoms with E-state index in [-0.39, 0.29) is 6.03 Å². The summed E-state index contributed by atoms with van der Waals surface area (Å²) in [7, 11) is 0. The van der Waals surface area contributed by atoms with Crippen molar-refractivity contribution in [3.63, 3.8) is 0 Å². The molecule has 3 rings (SSSR count). The van der Waals surface area contributed by atoms with Gasteiger partial charge in [0.25, 0.3) is 0 Å². The van der Waals surface area contributed by atoms with Gasteiger partial charge in [-0.1, -0.05) is 30.3 Å². The largest absolute Gasteiger partial charge is 0.337 e. The third-order valence-electron chi connectivity index (χ3n) is 4.24. The Morgan fingerprint density at radius 3 is 2.96 bits per heavy atom. The zero-order valence-corrected chi connectivity index (χ0v) is 14.8. The highest BCUT2D eigenvalue weighted by atomic mass is 32.1. The van der Waals surface area contributed by atoms with Gasteiger partial charge in [0.2, 0.25) is 0 Å². The maximum absolute atomic E-state index is 12.0. The highest BCUT2D eigenvalue weighted by molar-refractivity contribution is 7.13. The molecule has 0 aliphatic carbocycles. The number of benzene rings is 1. The summed E-state index contributed by atoms with van der Waals surface area (Å²) < 4.78 is 0. The Morgan fingerprint density at radius 1 is 1.38 bits per heavy atom. The second-order valence-electron chi connectivity index (χ2n) is 6.36. The molecule has 128 valence electrons. The SMILES string of the molecule is Cc1csc(NC(=O)NCC2CCCN(Cc3ccccc3)C2)n1. The lowest BCUT2D eigenvalue weighted by Crippen LogP contribution is -2.41. The average Bonchev–Trinajstić information content (AvgIpc) is 2.99. The lowest BCUT2D eigenvalue weighted by atomic mass is 9.97. The maximum Gasteiger partial charge on any atom is 0.321 e. The number of hydrogen-bond donors (Lipinski definition) is 2. The fourth-order valence-corrected chi connectivity index (χ4v) is 3.78. The topological polar surface area (TPSA) is 57.3 Å². The first-order chi connectivity index (χ1) is 11.7. The van der Waals surface area contributed by atoms with Crippen LogP contribution in [0.4, 0.5) is 9.93 Å². The van der Waals surface area contributed by atoms with Crippen molar-refractivity contribution in [1.82, 2.24) is 15.2 Å². The van der Waals surface area contributed by atoms with Crippen LogP contribution in [0.5, 0.6) is 0 Å². The molecule has 0 bridgehead atoms. The number of carbonyl (C=O) groups is 1. The molecular weight excluding hydrogens is 320 g/mol. The van der Waals surface area contributed by atoms with Gasteiger partial charge in [-0.25, -0.2) is 9.78 Å². The number of nitrogens with one attached hydrogen (secondary N) is 2. The highest BCUT2D eigenvalue weighted by Gasteiger charge is 2.20. The third kappa shape index (κ3) is 5.04. The van der Waals surface area contributed by atoms with Gasteiger partial charge in [0.15, 0.2) is 5.13 Å². The summed E-state index contributed by atoms with van der Waals surface area (Å²) in [6.45, 7) is 5.79. The van der Waals surface area contributed by atoms with Crippen LogP contribution < -0.4 is 10.6 Å². The predicted molar refractivity (Wildman–Crippen MR) is 98.3 cm³/mol. The summed E-state index contributed by atoms with van der Waals surface area (Å²) in [6, 6.07) is 10.4. The summed E-state index contributed by atoms with van der Waals surface area (Å²) in [5.41, 5.74) is 2.28. The molecule has 1 aromatic heterocycles. The minimum Gasteiger partial charge on any atom is -0.337 e. The smallest absolute Gasteiger partial charge is 0.321 e. The molecule has 1 atom stereocenters. The molecule has 5 nitrogen and oxygen atoms in total. The number of piperidine rings is 1. The lowest BCUT2D eigenvalue weighted by Gasteiger charge is -2.32. The van der Waals surface area contributed by atoms with Crippen molar-refractivity contribution >= 4 is 22.5 Å². The maximum atomic E-state index is 12.0. The molecule has 1 aliphatic rings. The first-order valence-corrected chi connectivity index (χ1v) is 9.30. The van der Waals surface area contributed by atoms with Gasteiger partial charge in [-0.2, -0.15) is 0 Å². The van der Waals surface area contributed by atoms with Gasteiger partial charge in [-0.05, 0) is 37.8 Å². The van der Waals surface area contributed by atoms with Crippen LogP contribution in [-0.4, -0.2) is 35.5 Å². The van der Waals surface area contributed by atoms with Crippen molar-refractivity contribution in [2.24, 2.45) is 5.92 Å². The molecule has 1 aliphatic heterocycles. The standard InChI is InChI=1S/C18H24N4OS/c1-14-13-24-18(20-14)21-17(23)19-10-16-8-5-9-22(12-16)11-15-6-3-2-4-7-15/h2-4,6-7,13,16H,5,8-12H2,1H3,(H2,19,20,21,23). The van der Waals surface area contributed by atoms with Crippen molar-refractivity contribution < 1.29 is 4.79 Å². The molecule has 1 aromatic carbocycles. The number of rotatable bonds is 5. The van der Waals surface area contributed by atoms with Crippen LogP contribution in [0.2, 0.25) is 0 Å². The van der Waals surface area contributed by atoms with E-state index in [2.05, 4.69) is 50.8 Å². The molecule has 2 aromatic rings.